The molecule has 1 N–H and O–H groups in total. The van der Waals surface area contributed by atoms with Crippen LogP contribution in [0.5, 0.6) is 5.75 Å². The van der Waals surface area contributed by atoms with Crippen LogP contribution in [0.1, 0.15) is 66.7 Å². The van der Waals surface area contributed by atoms with Gasteiger partial charge in [-0.15, -0.1) is 10.2 Å². The summed E-state index contributed by atoms with van der Waals surface area (Å²) in [6.45, 7) is 3.89. The number of halogens is 4. The molecule has 7 nitrogen and oxygen atoms in total. The fourth-order valence-corrected chi connectivity index (χ4v) is 4.47. The van der Waals surface area contributed by atoms with Crippen molar-refractivity contribution in [3.05, 3.63) is 69.8 Å². The number of methoxy groups -OCH3 is 1. The zero-order chi connectivity index (χ0) is 24.8. The first-order chi connectivity index (χ1) is 16.0. The smallest absolute Gasteiger partial charge is 0.452 e. The summed E-state index contributed by atoms with van der Waals surface area (Å²) in [5.41, 5.74) is 1.83. The number of benzene rings is 2. The van der Waals surface area contributed by atoms with Crippen molar-refractivity contribution < 1.29 is 32.5 Å². The standard InChI is InChI=1S/C23H21ClF3N3O4/c1-11(2)19-13(5-4-6-16(19)33-3)20-14-9-12(24)7-8-15(14)30-21(17(34-20)10-18(31)32)28-29-22(30)23(25,26)27/h4-9,11,17,20H,10H2,1-3H3,(H,31,32). The molecule has 1 aromatic heterocycles. The number of fused-ring (bicyclic) bond motifs is 3. The van der Waals surface area contributed by atoms with Crippen molar-refractivity contribution in [3.63, 3.8) is 0 Å². The molecule has 0 radical (unpaired) electrons. The topological polar surface area (TPSA) is 86.5 Å². The van der Waals surface area contributed by atoms with Crippen LogP contribution < -0.4 is 4.74 Å². The number of carbonyl (C=O) groups is 1. The summed E-state index contributed by atoms with van der Waals surface area (Å²) >= 11 is 6.26. The molecule has 0 bridgehead atoms. The highest BCUT2D eigenvalue weighted by Crippen LogP contribution is 2.46. The van der Waals surface area contributed by atoms with Crippen LogP contribution in [0, 0.1) is 0 Å². The number of carboxylic acids is 1. The molecule has 1 aliphatic rings. The van der Waals surface area contributed by atoms with Gasteiger partial charge >= 0.3 is 12.1 Å². The van der Waals surface area contributed by atoms with Crippen LogP contribution in [0.4, 0.5) is 13.2 Å². The Morgan fingerprint density at radius 3 is 2.59 bits per heavy atom. The van der Waals surface area contributed by atoms with Crippen LogP contribution in [0.3, 0.4) is 0 Å². The van der Waals surface area contributed by atoms with E-state index in [0.717, 1.165) is 10.1 Å². The van der Waals surface area contributed by atoms with Crippen molar-refractivity contribution in [1.29, 1.82) is 0 Å². The minimum Gasteiger partial charge on any atom is -0.496 e. The maximum atomic E-state index is 13.9. The van der Waals surface area contributed by atoms with Gasteiger partial charge in [-0.2, -0.15) is 13.2 Å². The molecule has 4 rings (SSSR count). The van der Waals surface area contributed by atoms with E-state index in [0.29, 0.717) is 16.9 Å². The summed E-state index contributed by atoms with van der Waals surface area (Å²) < 4.78 is 54.2. The number of carboxylic acid groups (broad SMARTS) is 1. The predicted molar refractivity (Wildman–Crippen MR) is 116 cm³/mol. The number of aromatic nitrogens is 3. The molecule has 2 aromatic carbocycles. The zero-order valence-corrected chi connectivity index (χ0v) is 19.2. The Morgan fingerprint density at radius 1 is 1.24 bits per heavy atom. The van der Waals surface area contributed by atoms with Crippen LogP contribution in [0.15, 0.2) is 36.4 Å². The van der Waals surface area contributed by atoms with Gasteiger partial charge in [-0.3, -0.25) is 9.36 Å². The number of hydrogen-bond donors (Lipinski definition) is 1. The molecular formula is C23H21ClF3N3O4. The minimum atomic E-state index is -4.84. The Kier molecular flexibility index (Phi) is 6.30. The van der Waals surface area contributed by atoms with E-state index in [2.05, 4.69) is 10.2 Å². The molecule has 2 unspecified atom stereocenters. The van der Waals surface area contributed by atoms with Crippen LogP contribution in [0.25, 0.3) is 5.69 Å². The van der Waals surface area contributed by atoms with E-state index in [-0.39, 0.29) is 22.5 Å². The third-order valence-electron chi connectivity index (χ3n) is 5.58. The Hall–Kier alpha value is -3.11. The van der Waals surface area contributed by atoms with Gasteiger partial charge in [0.05, 0.1) is 19.2 Å². The van der Waals surface area contributed by atoms with Crippen molar-refractivity contribution in [3.8, 4) is 11.4 Å². The van der Waals surface area contributed by atoms with Gasteiger partial charge in [-0.05, 0) is 35.7 Å². The van der Waals surface area contributed by atoms with Crippen molar-refractivity contribution in [1.82, 2.24) is 14.8 Å². The monoisotopic (exact) mass is 495 g/mol. The van der Waals surface area contributed by atoms with E-state index in [4.69, 9.17) is 21.1 Å². The molecule has 2 atom stereocenters. The van der Waals surface area contributed by atoms with Gasteiger partial charge < -0.3 is 14.6 Å². The molecule has 0 amide bonds. The average Bonchev–Trinajstić information content (AvgIpc) is 3.16. The first kappa shape index (κ1) is 24.0. The zero-order valence-electron chi connectivity index (χ0n) is 18.4. The molecule has 2 heterocycles. The van der Waals surface area contributed by atoms with Gasteiger partial charge in [0.2, 0.25) is 5.82 Å². The van der Waals surface area contributed by atoms with E-state index in [9.17, 15) is 23.1 Å². The highest BCUT2D eigenvalue weighted by Gasteiger charge is 2.43. The van der Waals surface area contributed by atoms with Gasteiger partial charge in [-0.25, -0.2) is 0 Å². The molecule has 34 heavy (non-hydrogen) atoms. The normalized spacial score (nSPS) is 17.8. The van der Waals surface area contributed by atoms with E-state index >= 15 is 0 Å². The van der Waals surface area contributed by atoms with E-state index < -0.39 is 36.6 Å². The van der Waals surface area contributed by atoms with Crippen LogP contribution in [-0.4, -0.2) is 33.0 Å². The van der Waals surface area contributed by atoms with E-state index in [1.807, 2.05) is 13.8 Å². The fourth-order valence-electron chi connectivity index (χ4n) is 4.29. The molecule has 0 spiro atoms. The van der Waals surface area contributed by atoms with Gasteiger partial charge in [-0.1, -0.05) is 37.6 Å². The number of ether oxygens (including phenoxy) is 2. The first-order valence-electron chi connectivity index (χ1n) is 10.4. The first-order valence-corrected chi connectivity index (χ1v) is 10.8. The lowest BCUT2D eigenvalue weighted by Gasteiger charge is -2.26. The van der Waals surface area contributed by atoms with E-state index in [1.165, 1.54) is 25.3 Å². The number of alkyl halides is 3. The summed E-state index contributed by atoms with van der Waals surface area (Å²) in [6, 6.07) is 9.69. The summed E-state index contributed by atoms with van der Waals surface area (Å²) in [7, 11) is 1.52. The Morgan fingerprint density at radius 2 is 1.97 bits per heavy atom. The van der Waals surface area contributed by atoms with Crippen molar-refractivity contribution in [2.24, 2.45) is 0 Å². The average molecular weight is 496 g/mol. The molecule has 11 heteroatoms. The number of rotatable bonds is 5. The lowest BCUT2D eigenvalue weighted by Crippen LogP contribution is -2.17. The molecule has 0 fully saturated rings. The molecule has 3 aromatic rings. The third kappa shape index (κ3) is 4.23. The second-order valence-electron chi connectivity index (χ2n) is 8.14. The summed E-state index contributed by atoms with van der Waals surface area (Å²) in [6.07, 6.45) is -7.72. The van der Waals surface area contributed by atoms with Gasteiger partial charge in [0.15, 0.2) is 5.82 Å². The van der Waals surface area contributed by atoms with Crippen LogP contribution >= 0.6 is 11.6 Å². The number of hydrogen-bond acceptors (Lipinski definition) is 5. The van der Waals surface area contributed by atoms with Crippen molar-refractivity contribution >= 4 is 17.6 Å². The van der Waals surface area contributed by atoms with Gasteiger partial charge in [0, 0.05) is 16.1 Å². The molecule has 1 aliphatic heterocycles. The number of aliphatic carboxylic acids is 1. The molecule has 0 saturated heterocycles. The predicted octanol–water partition coefficient (Wildman–Crippen LogP) is 5.71. The third-order valence-corrected chi connectivity index (χ3v) is 5.82. The minimum absolute atomic E-state index is 0.0389. The van der Waals surface area contributed by atoms with Crippen molar-refractivity contribution in [2.75, 3.05) is 7.11 Å². The highest BCUT2D eigenvalue weighted by atomic mass is 35.5. The molecule has 180 valence electrons. The number of nitrogens with zero attached hydrogens (tertiary/aromatic N) is 3. The summed E-state index contributed by atoms with van der Waals surface area (Å²) in [5, 5.41) is 16.8. The maximum Gasteiger partial charge on any atom is 0.452 e. The fraction of sp³-hybridized carbons (Fsp3) is 0.348. The Bertz CT molecular complexity index is 1240. The van der Waals surface area contributed by atoms with Crippen molar-refractivity contribution in [2.45, 2.75) is 44.6 Å². The second kappa shape index (κ2) is 8.92. The SMILES string of the molecule is COc1cccc(C2OC(CC(=O)O)c3nnc(C(F)(F)F)n3-c3ccc(Cl)cc32)c1C(C)C. The van der Waals surface area contributed by atoms with Gasteiger partial charge in [0.25, 0.3) is 0 Å². The summed E-state index contributed by atoms with van der Waals surface area (Å²) in [5.74, 6) is -2.25. The summed E-state index contributed by atoms with van der Waals surface area (Å²) in [4.78, 5) is 11.6. The lowest BCUT2D eigenvalue weighted by molar-refractivity contribution is -0.146. The van der Waals surface area contributed by atoms with Crippen LogP contribution in [-0.2, 0) is 15.7 Å². The Balaban J connectivity index is 2.05. The molecular weight excluding hydrogens is 475 g/mol. The highest BCUT2D eigenvalue weighted by molar-refractivity contribution is 6.30. The largest absolute Gasteiger partial charge is 0.496 e. The second-order valence-corrected chi connectivity index (χ2v) is 8.58. The molecule has 0 saturated carbocycles. The van der Waals surface area contributed by atoms with E-state index in [1.54, 1.807) is 18.2 Å². The lowest BCUT2D eigenvalue weighted by atomic mass is 9.89. The van der Waals surface area contributed by atoms with Crippen LogP contribution in [0.2, 0.25) is 5.02 Å². The molecule has 0 aliphatic carbocycles. The Labute approximate surface area is 198 Å². The van der Waals surface area contributed by atoms with Gasteiger partial charge in [0.1, 0.15) is 18.0 Å². The quantitative estimate of drug-likeness (QED) is 0.488. The maximum absolute atomic E-state index is 13.9.